The summed E-state index contributed by atoms with van der Waals surface area (Å²) in [6.45, 7) is 2.25. The lowest BCUT2D eigenvalue weighted by molar-refractivity contribution is 0.122. The lowest BCUT2D eigenvalue weighted by atomic mass is 9.80. The zero-order valence-corrected chi connectivity index (χ0v) is 10.9. The van der Waals surface area contributed by atoms with Crippen LogP contribution in [-0.2, 0) is 6.42 Å². The molecule has 1 aromatic carbocycles. The van der Waals surface area contributed by atoms with Crippen LogP contribution >= 0.6 is 0 Å². The summed E-state index contributed by atoms with van der Waals surface area (Å²) in [6, 6.07) is 8.91. The Morgan fingerprint density at radius 3 is 2.53 bits per heavy atom. The number of aliphatic hydroxyl groups is 1. The van der Waals surface area contributed by atoms with Crippen LogP contribution in [0.5, 0.6) is 0 Å². The first kappa shape index (κ1) is 12.6. The van der Waals surface area contributed by atoms with Gasteiger partial charge in [-0.25, -0.2) is 0 Å². The summed E-state index contributed by atoms with van der Waals surface area (Å²) in [4.78, 5) is 0. The van der Waals surface area contributed by atoms with Crippen molar-refractivity contribution in [1.29, 1.82) is 0 Å². The molecule has 1 saturated carbocycles. The molecule has 0 saturated heterocycles. The summed E-state index contributed by atoms with van der Waals surface area (Å²) in [5.41, 5.74) is 3.09. The largest absolute Gasteiger partial charge is 0.393 e. The van der Waals surface area contributed by atoms with Gasteiger partial charge in [0.1, 0.15) is 0 Å². The fraction of sp³-hybridized carbons (Fsp3) is 0.625. The Bertz CT molecular complexity index is 337. The van der Waals surface area contributed by atoms with Crippen LogP contribution in [0.3, 0.4) is 0 Å². The van der Waals surface area contributed by atoms with Crippen molar-refractivity contribution in [3.05, 3.63) is 35.4 Å². The summed E-state index contributed by atoms with van der Waals surface area (Å²) < 4.78 is 0. The van der Waals surface area contributed by atoms with Gasteiger partial charge in [-0.1, -0.05) is 37.6 Å². The monoisotopic (exact) mass is 232 g/mol. The number of benzene rings is 1. The van der Waals surface area contributed by atoms with E-state index in [-0.39, 0.29) is 6.10 Å². The normalized spacial score (nSPS) is 24.8. The highest BCUT2D eigenvalue weighted by Crippen LogP contribution is 2.34. The molecular weight excluding hydrogens is 208 g/mol. The predicted molar refractivity (Wildman–Crippen MR) is 72.3 cm³/mol. The Labute approximate surface area is 105 Å². The first-order valence-corrected chi connectivity index (χ1v) is 7.07. The fourth-order valence-corrected chi connectivity index (χ4v) is 2.91. The lowest BCUT2D eigenvalue weighted by Crippen LogP contribution is -2.17. The molecule has 0 radical (unpaired) electrons. The highest BCUT2D eigenvalue weighted by atomic mass is 16.3. The van der Waals surface area contributed by atoms with Gasteiger partial charge in [-0.3, -0.25) is 0 Å². The summed E-state index contributed by atoms with van der Waals surface area (Å²) in [5, 5.41) is 9.58. The molecule has 1 N–H and O–H groups in total. The number of aryl methyl sites for hydroxylation is 1. The molecule has 0 heterocycles. The van der Waals surface area contributed by atoms with Crippen molar-refractivity contribution in [2.75, 3.05) is 0 Å². The standard InChI is InChI=1S/C16H24O/c1-2-3-6-13-7-4-5-8-16(13)14-9-11-15(17)12-10-14/h4-5,7-8,14-15,17H,2-3,6,9-12H2,1H3. The minimum absolute atomic E-state index is 0.0472. The van der Waals surface area contributed by atoms with E-state index in [1.54, 1.807) is 5.56 Å². The van der Waals surface area contributed by atoms with E-state index in [2.05, 4.69) is 31.2 Å². The van der Waals surface area contributed by atoms with Crippen molar-refractivity contribution in [2.45, 2.75) is 63.9 Å². The molecule has 0 atom stereocenters. The third-order valence-electron chi connectivity index (χ3n) is 3.99. The SMILES string of the molecule is CCCCc1ccccc1C1CCC(O)CC1. The Balaban J connectivity index is 2.08. The lowest BCUT2D eigenvalue weighted by Gasteiger charge is -2.27. The molecule has 1 aliphatic rings. The van der Waals surface area contributed by atoms with Gasteiger partial charge in [0.05, 0.1) is 6.10 Å². The molecule has 2 rings (SSSR count). The minimum atomic E-state index is -0.0472. The van der Waals surface area contributed by atoms with Crippen LogP contribution in [0.1, 0.15) is 62.5 Å². The molecule has 0 amide bonds. The summed E-state index contributed by atoms with van der Waals surface area (Å²) in [6.07, 6.45) is 7.98. The molecule has 94 valence electrons. The van der Waals surface area contributed by atoms with Gasteiger partial charge in [0.25, 0.3) is 0 Å². The van der Waals surface area contributed by atoms with Crippen molar-refractivity contribution in [2.24, 2.45) is 0 Å². The smallest absolute Gasteiger partial charge is 0.0540 e. The molecule has 1 aliphatic carbocycles. The first-order chi connectivity index (χ1) is 8.31. The third kappa shape index (κ3) is 3.32. The van der Waals surface area contributed by atoms with Crippen molar-refractivity contribution >= 4 is 0 Å². The molecule has 0 spiro atoms. The molecular formula is C16H24O. The van der Waals surface area contributed by atoms with Gasteiger partial charge in [-0.15, -0.1) is 0 Å². The highest BCUT2D eigenvalue weighted by molar-refractivity contribution is 5.31. The molecule has 0 aliphatic heterocycles. The van der Waals surface area contributed by atoms with E-state index in [4.69, 9.17) is 0 Å². The molecule has 1 fully saturated rings. The van der Waals surface area contributed by atoms with E-state index in [1.165, 1.54) is 24.8 Å². The van der Waals surface area contributed by atoms with Gasteiger partial charge < -0.3 is 5.11 Å². The van der Waals surface area contributed by atoms with Crippen molar-refractivity contribution in [1.82, 2.24) is 0 Å². The maximum atomic E-state index is 9.58. The van der Waals surface area contributed by atoms with Gasteiger partial charge in [0, 0.05) is 0 Å². The number of unbranched alkanes of at least 4 members (excludes halogenated alkanes) is 1. The molecule has 1 aromatic rings. The van der Waals surface area contributed by atoms with E-state index in [1.807, 2.05) is 0 Å². The second-order valence-corrected chi connectivity index (χ2v) is 5.31. The van der Waals surface area contributed by atoms with E-state index in [9.17, 15) is 5.11 Å². The van der Waals surface area contributed by atoms with Crippen LogP contribution in [-0.4, -0.2) is 11.2 Å². The van der Waals surface area contributed by atoms with Crippen LogP contribution in [0.4, 0.5) is 0 Å². The van der Waals surface area contributed by atoms with Gasteiger partial charge in [0.2, 0.25) is 0 Å². The van der Waals surface area contributed by atoms with Gasteiger partial charge >= 0.3 is 0 Å². The van der Waals surface area contributed by atoms with Gasteiger partial charge in [-0.05, 0) is 55.6 Å². The third-order valence-corrected chi connectivity index (χ3v) is 3.99. The Morgan fingerprint density at radius 2 is 1.82 bits per heavy atom. The zero-order chi connectivity index (χ0) is 12.1. The van der Waals surface area contributed by atoms with Crippen LogP contribution in [0.2, 0.25) is 0 Å². The quantitative estimate of drug-likeness (QED) is 0.830. The van der Waals surface area contributed by atoms with E-state index < -0.39 is 0 Å². The highest BCUT2D eigenvalue weighted by Gasteiger charge is 2.22. The fourth-order valence-electron chi connectivity index (χ4n) is 2.91. The zero-order valence-electron chi connectivity index (χ0n) is 10.9. The first-order valence-electron chi connectivity index (χ1n) is 7.07. The molecule has 17 heavy (non-hydrogen) atoms. The summed E-state index contributed by atoms with van der Waals surface area (Å²) in [5.74, 6) is 0.687. The summed E-state index contributed by atoms with van der Waals surface area (Å²) in [7, 11) is 0. The molecule has 0 bridgehead atoms. The minimum Gasteiger partial charge on any atom is -0.393 e. The molecule has 0 unspecified atom stereocenters. The van der Waals surface area contributed by atoms with E-state index >= 15 is 0 Å². The second kappa shape index (κ2) is 6.20. The van der Waals surface area contributed by atoms with Crippen molar-refractivity contribution < 1.29 is 5.11 Å². The Morgan fingerprint density at radius 1 is 1.12 bits per heavy atom. The molecule has 1 nitrogen and oxygen atoms in total. The van der Waals surface area contributed by atoms with Crippen LogP contribution < -0.4 is 0 Å². The molecule has 0 aromatic heterocycles. The van der Waals surface area contributed by atoms with Gasteiger partial charge in [0.15, 0.2) is 0 Å². The number of hydrogen-bond donors (Lipinski definition) is 1. The average Bonchev–Trinajstić information content (AvgIpc) is 2.38. The maximum Gasteiger partial charge on any atom is 0.0540 e. The topological polar surface area (TPSA) is 20.2 Å². The van der Waals surface area contributed by atoms with Gasteiger partial charge in [-0.2, -0.15) is 0 Å². The predicted octanol–water partition coefficient (Wildman–Crippen LogP) is 4.05. The van der Waals surface area contributed by atoms with Crippen molar-refractivity contribution in [3.63, 3.8) is 0 Å². The Kier molecular flexibility index (Phi) is 4.61. The number of rotatable bonds is 4. The number of hydrogen-bond acceptors (Lipinski definition) is 1. The van der Waals surface area contributed by atoms with E-state index in [0.29, 0.717) is 5.92 Å². The van der Waals surface area contributed by atoms with Crippen molar-refractivity contribution in [3.8, 4) is 0 Å². The summed E-state index contributed by atoms with van der Waals surface area (Å²) >= 11 is 0. The average molecular weight is 232 g/mol. The Hall–Kier alpha value is -0.820. The second-order valence-electron chi connectivity index (χ2n) is 5.31. The number of aliphatic hydroxyl groups excluding tert-OH is 1. The molecule has 1 heteroatoms. The van der Waals surface area contributed by atoms with Crippen LogP contribution in [0.15, 0.2) is 24.3 Å². The van der Waals surface area contributed by atoms with Crippen LogP contribution in [0, 0.1) is 0 Å². The van der Waals surface area contributed by atoms with E-state index in [0.717, 1.165) is 25.7 Å². The van der Waals surface area contributed by atoms with Crippen LogP contribution in [0.25, 0.3) is 0 Å². The maximum absolute atomic E-state index is 9.58.